The molecular formula is C13H24O2. The minimum atomic E-state index is -1.35. The quantitative estimate of drug-likeness (QED) is 0.706. The van der Waals surface area contributed by atoms with Crippen molar-refractivity contribution in [1.82, 2.24) is 0 Å². The monoisotopic (exact) mass is 212 g/mol. The molecule has 2 nitrogen and oxygen atoms in total. The van der Waals surface area contributed by atoms with Gasteiger partial charge in [0.15, 0.2) is 5.79 Å². The van der Waals surface area contributed by atoms with Gasteiger partial charge in [-0.15, -0.1) is 0 Å². The molecule has 0 atom stereocenters. The SMILES string of the molecule is CC(C)C1CCC(C(O)(O)C2CC2)CC1. The Balaban J connectivity index is 1.87. The van der Waals surface area contributed by atoms with Gasteiger partial charge in [-0.3, -0.25) is 0 Å². The maximum Gasteiger partial charge on any atom is 0.168 e. The highest BCUT2D eigenvalue weighted by molar-refractivity contribution is 4.93. The molecule has 0 aliphatic heterocycles. The van der Waals surface area contributed by atoms with Crippen molar-refractivity contribution in [2.24, 2.45) is 23.7 Å². The van der Waals surface area contributed by atoms with Crippen molar-refractivity contribution in [3.05, 3.63) is 0 Å². The van der Waals surface area contributed by atoms with E-state index in [9.17, 15) is 10.2 Å². The molecule has 2 aliphatic carbocycles. The van der Waals surface area contributed by atoms with Gasteiger partial charge in [0.05, 0.1) is 0 Å². The summed E-state index contributed by atoms with van der Waals surface area (Å²) >= 11 is 0. The lowest BCUT2D eigenvalue weighted by Crippen LogP contribution is -2.42. The van der Waals surface area contributed by atoms with Crippen LogP contribution in [-0.4, -0.2) is 16.0 Å². The molecule has 0 aromatic rings. The van der Waals surface area contributed by atoms with Crippen LogP contribution >= 0.6 is 0 Å². The molecule has 2 saturated carbocycles. The molecule has 88 valence electrons. The minimum absolute atomic E-state index is 0.139. The lowest BCUT2D eigenvalue weighted by molar-refractivity contribution is -0.223. The smallest absolute Gasteiger partial charge is 0.168 e. The molecule has 0 aromatic carbocycles. The van der Waals surface area contributed by atoms with Crippen molar-refractivity contribution in [1.29, 1.82) is 0 Å². The van der Waals surface area contributed by atoms with E-state index in [1.807, 2.05) is 0 Å². The third-order valence-corrected chi connectivity index (χ3v) is 4.49. The van der Waals surface area contributed by atoms with Gasteiger partial charge < -0.3 is 10.2 Å². The molecule has 2 fully saturated rings. The molecule has 15 heavy (non-hydrogen) atoms. The molecule has 2 N–H and O–H groups in total. The summed E-state index contributed by atoms with van der Waals surface area (Å²) in [5.41, 5.74) is 0. The predicted octanol–water partition coefficient (Wildman–Crippen LogP) is 2.54. The van der Waals surface area contributed by atoms with Gasteiger partial charge >= 0.3 is 0 Å². The van der Waals surface area contributed by atoms with Crippen LogP contribution in [0.2, 0.25) is 0 Å². The Labute approximate surface area is 92.7 Å². The molecule has 2 heteroatoms. The summed E-state index contributed by atoms with van der Waals surface area (Å²) in [5, 5.41) is 20.1. The lowest BCUT2D eigenvalue weighted by atomic mass is 9.73. The summed E-state index contributed by atoms with van der Waals surface area (Å²) in [6, 6.07) is 0. The van der Waals surface area contributed by atoms with E-state index in [1.54, 1.807) is 0 Å². The number of aliphatic hydroxyl groups is 2. The first-order chi connectivity index (χ1) is 7.01. The van der Waals surface area contributed by atoms with Crippen LogP contribution in [0.4, 0.5) is 0 Å². The zero-order valence-electron chi connectivity index (χ0n) is 9.95. The topological polar surface area (TPSA) is 40.5 Å². The first-order valence-electron chi connectivity index (χ1n) is 6.46. The van der Waals surface area contributed by atoms with Gasteiger partial charge in [-0.05, 0) is 50.4 Å². The van der Waals surface area contributed by atoms with Gasteiger partial charge in [-0.1, -0.05) is 13.8 Å². The maximum atomic E-state index is 10.1. The van der Waals surface area contributed by atoms with E-state index < -0.39 is 5.79 Å². The minimum Gasteiger partial charge on any atom is -0.365 e. The van der Waals surface area contributed by atoms with Gasteiger partial charge in [-0.25, -0.2) is 0 Å². The van der Waals surface area contributed by atoms with Crippen LogP contribution in [0.1, 0.15) is 52.4 Å². The van der Waals surface area contributed by atoms with Crippen molar-refractivity contribution >= 4 is 0 Å². The normalized spacial score (nSPS) is 33.4. The fourth-order valence-corrected chi connectivity index (χ4v) is 3.05. The molecule has 0 saturated heterocycles. The second kappa shape index (κ2) is 4.06. The molecule has 0 bridgehead atoms. The largest absolute Gasteiger partial charge is 0.365 e. The van der Waals surface area contributed by atoms with E-state index in [2.05, 4.69) is 13.8 Å². The third-order valence-electron chi connectivity index (χ3n) is 4.49. The Morgan fingerprint density at radius 2 is 1.27 bits per heavy atom. The van der Waals surface area contributed by atoms with Gasteiger partial charge in [0.1, 0.15) is 0 Å². The van der Waals surface area contributed by atoms with Crippen LogP contribution < -0.4 is 0 Å². The average molecular weight is 212 g/mol. The van der Waals surface area contributed by atoms with Crippen LogP contribution in [0, 0.1) is 23.7 Å². The van der Waals surface area contributed by atoms with Crippen molar-refractivity contribution in [2.75, 3.05) is 0 Å². The fourth-order valence-electron chi connectivity index (χ4n) is 3.05. The van der Waals surface area contributed by atoms with Crippen LogP contribution in [0.5, 0.6) is 0 Å². The molecule has 0 radical (unpaired) electrons. The Morgan fingerprint density at radius 1 is 0.867 bits per heavy atom. The van der Waals surface area contributed by atoms with Gasteiger partial charge in [0, 0.05) is 11.8 Å². The second-order valence-corrected chi connectivity index (χ2v) is 5.91. The molecular weight excluding hydrogens is 188 g/mol. The summed E-state index contributed by atoms with van der Waals surface area (Å²) in [5.74, 6) is 0.523. The van der Waals surface area contributed by atoms with E-state index in [4.69, 9.17) is 0 Å². The Morgan fingerprint density at radius 3 is 1.60 bits per heavy atom. The van der Waals surface area contributed by atoms with Crippen molar-refractivity contribution in [2.45, 2.75) is 58.2 Å². The Hall–Kier alpha value is -0.0800. The van der Waals surface area contributed by atoms with Crippen LogP contribution in [-0.2, 0) is 0 Å². The summed E-state index contributed by atoms with van der Waals surface area (Å²) in [4.78, 5) is 0. The molecule has 0 spiro atoms. The molecule has 2 rings (SSSR count). The van der Waals surface area contributed by atoms with Crippen molar-refractivity contribution in [3.8, 4) is 0 Å². The highest BCUT2D eigenvalue weighted by Crippen LogP contribution is 2.47. The summed E-state index contributed by atoms with van der Waals surface area (Å²) in [7, 11) is 0. The van der Waals surface area contributed by atoms with Crippen LogP contribution in [0.3, 0.4) is 0 Å². The fraction of sp³-hybridized carbons (Fsp3) is 1.00. The third kappa shape index (κ3) is 2.36. The Kier molecular flexibility index (Phi) is 3.09. The standard InChI is InChI=1S/C13H24O2/c1-9(2)10-3-5-11(6-4-10)13(14,15)12-7-8-12/h9-12,14-15H,3-8H2,1-2H3. The number of hydrogen-bond donors (Lipinski definition) is 2. The van der Waals surface area contributed by atoms with E-state index in [0.29, 0.717) is 0 Å². The van der Waals surface area contributed by atoms with E-state index in [-0.39, 0.29) is 11.8 Å². The van der Waals surface area contributed by atoms with E-state index in [1.165, 1.54) is 12.8 Å². The summed E-state index contributed by atoms with van der Waals surface area (Å²) in [6.45, 7) is 4.55. The zero-order valence-corrected chi connectivity index (χ0v) is 9.95. The van der Waals surface area contributed by atoms with Gasteiger partial charge in [-0.2, -0.15) is 0 Å². The predicted molar refractivity (Wildman–Crippen MR) is 60.2 cm³/mol. The van der Waals surface area contributed by atoms with Crippen molar-refractivity contribution in [3.63, 3.8) is 0 Å². The first-order valence-corrected chi connectivity index (χ1v) is 6.46. The Bertz CT molecular complexity index is 211. The van der Waals surface area contributed by atoms with Gasteiger partial charge in [0.25, 0.3) is 0 Å². The number of rotatable bonds is 3. The lowest BCUT2D eigenvalue weighted by Gasteiger charge is -2.38. The molecule has 2 aliphatic rings. The van der Waals surface area contributed by atoms with E-state index >= 15 is 0 Å². The molecule has 0 aromatic heterocycles. The van der Waals surface area contributed by atoms with Crippen LogP contribution in [0.15, 0.2) is 0 Å². The van der Waals surface area contributed by atoms with Crippen LogP contribution in [0.25, 0.3) is 0 Å². The maximum absolute atomic E-state index is 10.1. The summed E-state index contributed by atoms with van der Waals surface area (Å²) < 4.78 is 0. The molecule has 0 heterocycles. The highest BCUT2D eigenvalue weighted by Gasteiger charge is 2.48. The zero-order chi connectivity index (χ0) is 11.1. The van der Waals surface area contributed by atoms with Gasteiger partial charge in [0.2, 0.25) is 0 Å². The average Bonchev–Trinajstić information content (AvgIpc) is 3.01. The van der Waals surface area contributed by atoms with Crippen molar-refractivity contribution < 1.29 is 10.2 Å². The first kappa shape index (κ1) is 11.4. The summed E-state index contributed by atoms with van der Waals surface area (Å²) in [6.07, 6.45) is 6.39. The molecule has 0 unspecified atom stereocenters. The highest BCUT2D eigenvalue weighted by atomic mass is 16.5. The number of hydrogen-bond acceptors (Lipinski definition) is 2. The van der Waals surface area contributed by atoms with E-state index in [0.717, 1.165) is 37.5 Å². The molecule has 0 amide bonds. The second-order valence-electron chi connectivity index (χ2n) is 5.91.